The van der Waals surface area contributed by atoms with Gasteiger partial charge in [0.2, 0.25) is 0 Å². The van der Waals surface area contributed by atoms with Crippen LogP contribution >= 0.6 is 11.6 Å². The van der Waals surface area contributed by atoms with E-state index in [1.807, 2.05) is 0 Å². The highest BCUT2D eigenvalue weighted by Gasteiger charge is 2.21. The summed E-state index contributed by atoms with van der Waals surface area (Å²) in [5.41, 5.74) is 0.374. The first-order valence-electron chi connectivity index (χ1n) is 5.26. The zero-order valence-corrected chi connectivity index (χ0v) is 9.47. The number of halogens is 2. The summed E-state index contributed by atoms with van der Waals surface area (Å²) in [6.45, 7) is 0.717. The number of rotatable bonds is 3. The minimum atomic E-state index is -0.432. The third-order valence-corrected chi connectivity index (χ3v) is 2.98. The van der Waals surface area contributed by atoms with E-state index in [0.717, 1.165) is 25.5 Å². The SMILES string of the molecule is O=C(CC1CCCO1)c1ccc(F)cc1Cl. The highest BCUT2D eigenvalue weighted by molar-refractivity contribution is 6.33. The molecule has 0 N–H and O–H groups in total. The van der Waals surface area contributed by atoms with E-state index in [4.69, 9.17) is 16.3 Å². The molecule has 0 aliphatic carbocycles. The van der Waals surface area contributed by atoms with Crippen molar-refractivity contribution < 1.29 is 13.9 Å². The van der Waals surface area contributed by atoms with Crippen LogP contribution in [0.15, 0.2) is 18.2 Å². The second-order valence-corrected chi connectivity index (χ2v) is 4.29. The number of carbonyl (C=O) groups is 1. The Kier molecular flexibility index (Phi) is 3.56. The molecule has 0 aromatic heterocycles. The van der Waals surface area contributed by atoms with Crippen molar-refractivity contribution in [2.75, 3.05) is 6.61 Å². The van der Waals surface area contributed by atoms with E-state index in [9.17, 15) is 9.18 Å². The van der Waals surface area contributed by atoms with Gasteiger partial charge in [0.25, 0.3) is 0 Å². The molecule has 2 rings (SSSR count). The average molecular weight is 243 g/mol. The number of ether oxygens (including phenoxy) is 1. The average Bonchev–Trinajstić information content (AvgIpc) is 2.70. The van der Waals surface area contributed by atoms with Crippen LogP contribution in [0.1, 0.15) is 29.6 Å². The number of carbonyl (C=O) groups excluding carboxylic acids is 1. The second-order valence-electron chi connectivity index (χ2n) is 3.89. The molecule has 1 heterocycles. The molecule has 0 saturated carbocycles. The molecular weight excluding hydrogens is 231 g/mol. The summed E-state index contributed by atoms with van der Waals surface area (Å²) in [4.78, 5) is 11.8. The summed E-state index contributed by atoms with van der Waals surface area (Å²) < 4.78 is 18.2. The van der Waals surface area contributed by atoms with Crippen LogP contribution in [0.5, 0.6) is 0 Å². The van der Waals surface area contributed by atoms with Gasteiger partial charge < -0.3 is 4.74 Å². The van der Waals surface area contributed by atoms with Crippen molar-refractivity contribution in [2.45, 2.75) is 25.4 Å². The summed E-state index contributed by atoms with van der Waals surface area (Å²) >= 11 is 5.81. The molecule has 2 nitrogen and oxygen atoms in total. The Morgan fingerprint density at radius 1 is 1.56 bits per heavy atom. The van der Waals surface area contributed by atoms with Crippen molar-refractivity contribution in [2.24, 2.45) is 0 Å². The van der Waals surface area contributed by atoms with Crippen molar-refractivity contribution in [1.29, 1.82) is 0 Å². The summed E-state index contributed by atoms with van der Waals surface area (Å²) in [5, 5.41) is 0.169. The number of hydrogen-bond donors (Lipinski definition) is 0. The second kappa shape index (κ2) is 4.93. The molecule has 1 unspecified atom stereocenters. The van der Waals surface area contributed by atoms with Crippen molar-refractivity contribution in [3.63, 3.8) is 0 Å². The molecule has 0 bridgehead atoms. The number of hydrogen-bond acceptors (Lipinski definition) is 2. The lowest BCUT2D eigenvalue weighted by Crippen LogP contribution is -2.13. The summed E-state index contributed by atoms with van der Waals surface area (Å²) in [7, 11) is 0. The highest BCUT2D eigenvalue weighted by atomic mass is 35.5. The normalized spacial score (nSPS) is 20.0. The molecule has 86 valence electrons. The zero-order chi connectivity index (χ0) is 11.5. The van der Waals surface area contributed by atoms with Gasteiger partial charge in [0.15, 0.2) is 5.78 Å². The Hall–Kier alpha value is -0.930. The molecule has 1 aromatic rings. The van der Waals surface area contributed by atoms with Crippen molar-refractivity contribution in [3.8, 4) is 0 Å². The van der Waals surface area contributed by atoms with Gasteiger partial charge >= 0.3 is 0 Å². The van der Waals surface area contributed by atoms with E-state index < -0.39 is 5.82 Å². The molecule has 1 fully saturated rings. The van der Waals surface area contributed by atoms with Gasteiger partial charge in [0.05, 0.1) is 11.1 Å². The first kappa shape index (κ1) is 11.6. The minimum Gasteiger partial charge on any atom is -0.378 e. The van der Waals surface area contributed by atoms with Gasteiger partial charge in [-0.3, -0.25) is 4.79 Å². The maximum absolute atomic E-state index is 12.8. The topological polar surface area (TPSA) is 26.3 Å². The standard InChI is InChI=1S/C12H12ClFO2/c13-11-6-8(14)3-4-10(11)12(15)7-9-2-1-5-16-9/h3-4,6,9H,1-2,5,7H2. The summed E-state index contributed by atoms with van der Waals surface area (Å²) in [6.07, 6.45) is 2.22. The van der Waals surface area contributed by atoms with Gasteiger partial charge in [-0.05, 0) is 31.0 Å². The third-order valence-electron chi connectivity index (χ3n) is 2.67. The number of benzene rings is 1. The van der Waals surface area contributed by atoms with Crippen LogP contribution in [-0.4, -0.2) is 18.5 Å². The fourth-order valence-corrected chi connectivity index (χ4v) is 2.11. The lowest BCUT2D eigenvalue weighted by atomic mass is 10.0. The van der Waals surface area contributed by atoms with Crippen LogP contribution in [0.4, 0.5) is 4.39 Å². The molecule has 0 spiro atoms. The highest BCUT2D eigenvalue weighted by Crippen LogP contribution is 2.22. The predicted molar refractivity (Wildman–Crippen MR) is 59.3 cm³/mol. The van der Waals surface area contributed by atoms with Crippen LogP contribution in [0, 0.1) is 5.82 Å². The molecule has 16 heavy (non-hydrogen) atoms. The maximum Gasteiger partial charge on any atom is 0.166 e. The molecular formula is C12H12ClFO2. The fraction of sp³-hybridized carbons (Fsp3) is 0.417. The quantitative estimate of drug-likeness (QED) is 0.761. The van der Waals surface area contributed by atoms with Gasteiger partial charge in [0, 0.05) is 18.6 Å². The number of ketones is 1. The van der Waals surface area contributed by atoms with Gasteiger partial charge in [-0.2, -0.15) is 0 Å². The van der Waals surface area contributed by atoms with E-state index in [0.29, 0.717) is 12.0 Å². The molecule has 1 aliphatic heterocycles. The van der Waals surface area contributed by atoms with E-state index in [1.54, 1.807) is 0 Å². The molecule has 4 heteroatoms. The third kappa shape index (κ3) is 2.60. The van der Waals surface area contributed by atoms with Gasteiger partial charge in [0.1, 0.15) is 5.82 Å². The van der Waals surface area contributed by atoms with Gasteiger partial charge in [-0.15, -0.1) is 0 Å². The number of Topliss-reactive ketones (excluding diaryl/α,β-unsaturated/α-hetero) is 1. The first-order chi connectivity index (χ1) is 7.66. The smallest absolute Gasteiger partial charge is 0.166 e. The van der Waals surface area contributed by atoms with Crippen LogP contribution in [0.3, 0.4) is 0 Å². The lowest BCUT2D eigenvalue weighted by molar-refractivity contribution is 0.0775. The Labute approximate surface area is 98.4 Å². The largest absolute Gasteiger partial charge is 0.378 e. The lowest BCUT2D eigenvalue weighted by Gasteiger charge is -2.09. The molecule has 0 amide bonds. The molecule has 1 aromatic carbocycles. The molecule has 1 atom stereocenters. The van der Waals surface area contributed by atoms with Crippen LogP contribution in [0.25, 0.3) is 0 Å². The van der Waals surface area contributed by atoms with Crippen LogP contribution < -0.4 is 0 Å². The molecule has 1 aliphatic rings. The minimum absolute atomic E-state index is 0.00591. The van der Waals surface area contributed by atoms with Crippen molar-refractivity contribution >= 4 is 17.4 Å². The first-order valence-corrected chi connectivity index (χ1v) is 5.64. The van der Waals surface area contributed by atoms with E-state index in [2.05, 4.69) is 0 Å². The maximum atomic E-state index is 12.8. The summed E-state index contributed by atoms with van der Waals surface area (Å²) in [5.74, 6) is -0.518. The van der Waals surface area contributed by atoms with Crippen LogP contribution in [-0.2, 0) is 4.74 Å². The van der Waals surface area contributed by atoms with Crippen molar-refractivity contribution in [3.05, 3.63) is 34.6 Å². The zero-order valence-electron chi connectivity index (χ0n) is 8.71. The van der Waals surface area contributed by atoms with Crippen molar-refractivity contribution in [1.82, 2.24) is 0 Å². The Morgan fingerprint density at radius 3 is 3.00 bits per heavy atom. The van der Waals surface area contributed by atoms with E-state index >= 15 is 0 Å². The van der Waals surface area contributed by atoms with E-state index in [-0.39, 0.29) is 16.9 Å². The van der Waals surface area contributed by atoms with Gasteiger partial charge in [-0.1, -0.05) is 11.6 Å². The predicted octanol–water partition coefficient (Wildman–Crippen LogP) is 3.23. The molecule has 1 saturated heterocycles. The fourth-order valence-electron chi connectivity index (χ4n) is 1.84. The Morgan fingerprint density at radius 2 is 2.38 bits per heavy atom. The van der Waals surface area contributed by atoms with E-state index in [1.165, 1.54) is 12.1 Å². The Balaban J connectivity index is 2.08. The Bertz CT molecular complexity index is 400. The van der Waals surface area contributed by atoms with Crippen LogP contribution in [0.2, 0.25) is 5.02 Å². The monoisotopic (exact) mass is 242 g/mol. The summed E-state index contributed by atoms with van der Waals surface area (Å²) in [6, 6.07) is 3.83. The van der Waals surface area contributed by atoms with Gasteiger partial charge in [-0.25, -0.2) is 4.39 Å². The molecule has 0 radical (unpaired) electrons.